The van der Waals surface area contributed by atoms with Crippen molar-refractivity contribution in [2.45, 2.75) is 491 Å². The van der Waals surface area contributed by atoms with E-state index in [4.69, 9.17) is 37.0 Å². The third kappa shape index (κ3) is 82.4. The van der Waals surface area contributed by atoms with Crippen LogP contribution in [-0.4, -0.2) is 96.7 Å². The number of rotatable bonds is 87. The molecule has 0 saturated carbocycles. The number of phosphoric ester groups is 2. The van der Waals surface area contributed by atoms with Gasteiger partial charge >= 0.3 is 39.5 Å². The Morgan fingerprint density at radius 1 is 0.257 bits per heavy atom. The van der Waals surface area contributed by atoms with Crippen molar-refractivity contribution < 1.29 is 80.2 Å². The highest BCUT2D eigenvalue weighted by atomic mass is 31.2. The lowest BCUT2D eigenvalue weighted by atomic mass is 10.00. The second-order valence-electron chi connectivity index (χ2n) is 34.0. The largest absolute Gasteiger partial charge is 0.472 e. The minimum atomic E-state index is -4.97. The summed E-state index contributed by atoms with van der Waals surface area (Å²) < 4.78 is 69.0. The van der Waals surface area contributed by atoms with Crippen LogP contribution in [0.5, 0.6) is 0 Å². The molecular formula is C90H176O17P2. The number of hydrogen-bond donors (Lipinski definition) is 3. The molecule has 0 amide bonds. The number of aliphatic hydroxyl groups excluding tert-OH is 1. The molecule has 19 heteroatoms. The van der Waals surface area contributed by atoms with Gasteiger partial charge in [-0.2, -0.15) is 0 Å². The van der Waals surface area contributed by atoms with E-state index in [0.29, 0.717) is 25.7 Å². The predicted molar refractivity (Wildman–Crippen MR) is 451 cm³/mol. The summed E-state index contributed by atoms with van der Waals surface area (Å²) in [6, 6.07) is 0. The van der Waals surface area contributed by atoms with E-state index in [2.05, 4.69) is 55.4 Å². The average molecular weight is 1590 g/mol. The van der Waals surface area contributed by atoms with Gasteiger partial charge in [0.1, 0.15) is 19.3 Å². The Kier molecular flexibility index (Phi) is 77.2. The summed E-state index contributed by atoms with van der Waals surface area (Å²) in [6.07, 6.45) is 69.6. The smallest absolute Gasteiger partial charge is 0.462 e. The number of unbranched alkanes of at least 4 members (excludes halogenated alkanes) is 52. The summed E-state index contributed by atoms with van der Waals surface area (Å²) in [5.41, 5.74) is 0. The van der Waals surface area contributed by atoms with Gasteiger partial charge in [-0.25, -0.2) is 9.13 Å². The topological polar surface area (TPSA) is 237 Å². The van der Waals surface area contributed by atoms with Crippen molar-refractivity contribution in [3.05, 3.63) is 0 Å². The Labute approximate surface area is 670 Å². The number of phosphoric acid groups is 2. The van der Waals surface area contributed by atoms with E-state index in [-0.39, 0.29) is 25.7 Å². The highest BCUT2D eigenvalue weighted by molar-refractivity contribution is 7.47. The number of carbonyl (C=O) groups excluding carboxylic acids is 4. The van der Waals surface area contributed by atoms with E-state index >= 15 is 0 Å². The van der Waals surface area contributed by atoms with Gasteiger partial charge in [0, 0.05) is 25.7 Å². The molecule has 0 aromatic heterocycles. The minimum absolute atomic E-state index is 0.107. The average Bonchev–Trinajstić information content (AvgIpc) is 0.899. The van der Waals surface area contributed by atoms with Crippen molar-refractivity contribution in [2.75, 3.05) is 39.6 Å². The molecule has 648 valence electrons. The number of aliphatic hydroxyl groups is 1. The van der Waals surface area contributed by atoms with Crippen LogP contribution in [0, 0.1) is 23.7 Å². The number of hydrogen-bond acceptors (Lipinski definition) is 15. The van der Waals surface area contributed by atoms with Crippen LogP contribution >= 0.6 is 15.6 Å². The summed E-state index contributed by atoms with van der Waals surface area (Å²) in [4.78, 5) is 73.4. The van der Waals surface area contributed by atoms with Crippen molar-refractivity contribution in [3.8, 4) is 0 Å². The van der Waals surface area contributed by atoms with E-state index in [1.54, 1.807) is 0 Å². The Hall–Kier alpha value is -1.94. The molecule has 109 heavy (non-hydrogen) atoms. The van der Waals surface area contributed by atoms with Gasteiger partial charge in [0.2, 0.25) is 0 Å². The Morgan fingerprint density at radius 3 is 0.651 bits per heavy atom. The fourth-order valence-corrected chi connectivity index (χ4v) is 15.6. The summed E-state index contributed by atoms with van der Waals surface area (Å²) in [7, 11) is -9.94. The van der Waals surface area contributed by atoms with Crippen LogP contribution in [0.2, 0.25) is 0 Å². The van der Waals surface area contributed by atoms with E-state index in [9.17, 15) is 43.2 Å². The van der Waals surface area contributed by atoms with Crippen LogP contribution in [0.25, 0.3) is 0 Å². The van der Waals surface area contributed by atoms with E-state index in [1.165, 1.54) is 270 Å². The lowest BCUT2D eigenvalue weighted by Gasteiger charge is -2.21. The number of carbonyl (C=O) groups is 4. The van der Waals surface area contributed by atoms with Gasteiger partial charge in [-0.15, -0.1) is 0 Å². The summed E-state index contributed by atoms with van der Waals surface area (Å²) in [6.45, 7) is 14.4. The van der Waals surface area contributed by atoms with Gasteiger partial charge in [-0.1, -0.05) is 421 Å². The van der Waals surface area contributed by atoms with Crippen molar-refractivity contribution in [1.82, 2.24) is 0 Å². The van der Waals surface area contributed by atoms with Gasteiger partial charge in [-0.05, 0) is 49.4 Å². The molecule has 0 radical (unpaired) electrons. The van der Waals surface area contributed by atoms with E-state index < -0.39 is 97.5 Å². The molecule has 0 aliphatic rings. The fraction of sp³-hybridized carbons (Fsp3) is 0.956. The van der Waals surface area contributed by atoms with E-state index in [1.807, 2.05) is 0 Å². The second kappa shape index (κ2) is 78.6. The second-order valence-corrected chi connectivity index (χ2v) is 36.9. The lowest BCUT2D eigenvalue weighted by Crippen LogP contribution is -2.30. The lowest BCUT2D eigenvalue weighted by molar-refractivity contribution is -0.161. The zero-order chi connectivity index (χ0) is 80.2. The first-order valence-electron chi connectivity index (χ1n) is 46.2. The third-order valence-corrected chi connectivity index (χ3v) is 23.3. The normalized spacial score (nSPS) is 14.1. The molecule has 0 aromatic rings. The molecule has 0 aliphatic heterocycles. The molecule has 0 bridgehead atoms. The highest BCUT2D eigenvalue weighted by Crippen LogP contribution is 2.45. The van der Waals surface area contributed by atoms with Crippen LogP contribution in [0.3, 0.4) is 0 Å². The van der Waals surface area contributed by atoms with Crippen LogP contribution in [0.4, 0.5) is 0 Å². The Balaban J connectivity index is 5.22. The van der Waals surface area contributed by atoms with Crippen LogP contribution in [0.1, 0.15) is 473 Å². The number of ether oxygens (including phenoxy) is 4. The first-order chi connectivity index (χ1) is 52.6. The van der Waals surface area contributed by atoms with Gasteiger partial charge in [-0.3, -0.25) is 37.3 Å². The van der Waals surface area contributed by atoms with Gasteiger partial charge in [0.15, 0.2) is 12.2 Å². The molecular weight excluding hydrogens is 1410 g/mol. The van der Waals surface area contributed by atoms with Crippen molar-refractivity contribution in [1.29, 1.82) is 0 Å². The molecule has 17 nitrogen and oxygen atoms in total. The monoisotopic (exact) mass is 1590 g/mol. The van der Waals surface area contributed by atoms with Crippen LogP contribution in [-0.2, 0) is 65.4 Å². The summed E-state index contributed by atoms with van der Waals surface area (Å²) in [5, 5.41) is 10.7. The van der Waals surface area contributed by atoms with Crippen molar-refractivity contribution in [2.24, 2.45) is 23.7 Å². The predicted octanol–water partition coefficient (Wildman–Crippen LogP) is 27.5. The maximum absolute atomic E-state index is 13.2. The molecule has 0 aliphatic carbocycles. The van der Waals surface area contributed by atoms with Crippen molar-refractivity contribution in [3.63, 3.8) is 0 Å². The molecule has 3 N–H and O–H groups in total. The van der Waals surface area contributed by atoms with Crippen molar-refractivity contribution >= 4 is 39.5 Å². The minimum Gasteiger partial charge on any atom is -0.462 e. The molecule has 0 rings (SSSR count). The third-order valence-electron chi connectivity index (χ3n) is 21.4. The maximum atomic E-state index is 13.2. The SMILES string of the molecule is CCC(C)CCCCCCCCC(=O)OC[C@H](COP(=O)(O)OC[C@H](O)COP(=O)(O)OC[C@@H](COC(=O)CCCCCCCCCCCCCCCCCCC(C)C)OC(=O)CCCCCCCCCCCCCCCCCCC(C)C)OC(=O)CCCCCCCCCCCCCCCCCCCCC(C)C. The van der Waals surface area contributed by atoms with Gasteiger partial charge in [0.05, 0.1) is 26.4 Å². The molecule has 0 heterocycles. The zero-order valence-corrected chi connectivity index (χ0v) is 74.0. The van der Waals surface area contributed by atoms with Crippen LogP contribution in [0.15, 0.2) is 0 Å². The Bertz CT molecular complexity index is 2110. The molecule has 3 unspecified atom stereocenters. The first kappa shape index (κ1) is 107. The molecule has 0 spiro atoms. The Morgan fingerprint density at radius 2 is 0.440 bits per heavy atom. The first-order valence-corrected chi connectivity index (χ1v) is 49.2. The zero-order valence-electron chi connectivity index (χ0n) is 72.2. The highest BCUT2D eigenvalue weighted by Gasteiger charge is 2.31. The van der Waals surface area contributed by atoms with E-state index in [0.717, 1.165) is 120 Å². The maximum Gasteiger partial charge on any atom is 0.472 e. The summed E-state index contributed by atoms with van der Waals surface area (Å²) in [5.74, 6) is 1.07. The van der Waals surface area contributed by atoms with Crippen LogP contribution < -0.4 is 0 Å². The molecule has 0 saturated heterocycles. The number of esters is 4. The standard InChI is InChI=1S/C90H176O17P2/c1-9-83(8)69-61-53-48-49-55-63-71-88(93)101-77-86(107-90(95)73-65-56-46-40-34-28-22-13-11-10-12-18-24-30-36-42-50-58-66-80(2)3)79-105-109(98,99)103-75-84(91)74-102-108(96,97)104-78-85(106-89(94)72-64-57-47-41-35-29-23-17-15-20-26-32-38-44-52-60-68-82(6)7)76-100-87(92)70-62-54-45-39-33-27-21-16-14-19-25-31-37-43-51-59-67-81(4)5/h80-86,91H,9-79H2,1-8H3,(H,96,97)(H,98,99)/t83?,84-,85-,86-/m1/s1. The fourth-order valence-electron chi connectivity index (χ4n) is 14.0. The van der Waals surface area contributed by atoms with Gasteiger partial charge < -0.3 is 33.8 Å². The quantitative estimate of drug-likeness (QED) is 0.0222. The molecule has 0 aromatic carbocycles. The summed E-state index contributed by atoms with van der Waals surface area (Å²) >= 11 is 0. The molecule has 0 fully saturated rings. The molecule has 6 atom stereocenters. The van der Waals surface area contributed by atoms with Gasteiger partial charge in [0.25, 0.3) is 0 Å².